The zero-order valence-corrected chi connectivity index (χ0v) is 18.5. The van der Waals surface area contributed by atoms with Crippen LogP contribution in [0.3, 0.4) is 0 Å². The Labute approximate surface area is 188 Å². The normalized spacial score (nSPS) is 17.1. The summed E-state index contributed by atoms with van der Waals surface area (Å²) in [6.07, 6.45) is 10.2. The molecule has 0 fully saturated rings. The quantitative estimate of drug-likeness (QED) is 0.535. The van der Waals surface area contributed by atoms with Gasteiger partial charge in [-0.15, -0.1) is 0 Å². The van der Waals surface area contributed by atoms with E-state index in [1.165, 1.54) is 4.90 Å². The molecule has 2 aliphatic rings. The van der Waals surface area contributed by atoms with Gasteiger partial charge >= 0.3 is 6.03 Å². The number of carbonyl (C=O) groups excluding carboxylic acids is 3. The molecule has 0 bridgehead atoms. The van der Waals surface area contributed by atoms with Crippen LogP contribution >= 0.6 is 0 Å². The summed E-state index contributed by atoms with van der Waals surface area (Å²) in [4.78, 5) is 41.9. The number of hydrogen-bond acceptors (Lipinski definition) is 5. The molecule has 1 atom stereocenters. The maximum absolute atomic E-state index is 12.5. The van der Waals surface area contributed by atoms with Gasteiger partial charge in [0.15, 0.2) is 11.5 Å². The van der Waals surface area contributed by atoms with E-state index in [1.54, 1.807) is 38.5 Å². The highest BCUT2D eigenvalue weighted by Gasteiger charge is 2.35. The fourth-order valence-corrected chi connectivity index (χ4v) is 3.69. The topological polar surface area (TPSA) is 97.3 Å². The Morgan fingerprint density at radius 2 is 1.91 bits per heavy atom. The predicted octanol–water partition coefficient (Wildman–Crippen LogP) is 3.07. The number of amides is 4. The van der Waals surface area contributed by atoms with E-state index in [0.29, 0.717) is 56.0 Å². The Morgan fingerprint density at radius 3 is 2.69 bits per heavy atom. The van der Waals surface area contributed by atoms with Crippen molar-refractivity contribution < 1.29 is 23.9 Å². The number of nitrogens with zero attached hydrogens (tertiary/aromatic N) is 2. The molecule has 1 N–H and O–H groups in total. The zero-order chi connectivity index (χ0) is 22.9. The number of benzene rings is 1. The highest BCUT2D eigenvalue weighted by Crippen LogP contribution is 2.27. The highest BCUT2D eigenvalue weighted by molar-refractivity contribution is 6.21. The molecule has 8 nitrogen and oxygen atoms in total. The molecule has 0 saturated carbocycles. The Morgan fingerprint density at radius 1 is 1.09 bits per heavy atom. The van der Waals surface area contributed by atoms with Crippen LogP contribution in [0.5, 0.6) is 11.5 Å². The molecule has 170 valence electrons. The number of aliphatic imine (C=N–C) groups is 1. The van der Waals surface area contributed by atoms with E-state index in [1.807, 2.05) is 18.2 Å². The molecule has 1 aliphatic carbocycles. The number of nitrogens with one attached hydrogen (secondary N) is 1. The fourth-order valence-electron chi connectivity index (χ4n) is 3.69. The Balaban J connectivity index is 1.32. The van der Waals surface area contributed by atoms with Gasteiger partial charge in [0.2, 0.25) is 11.8 Å². The first-order valence-corrected chi connectivity index (χ1v) is 10.8. The maximum Gasteiger partial charge on any atom is 0.350 e. The van der Waals surface area contributed by atoms with E-state index < -0.39 is 11.9 Å². The molecule has 1 heterocycles. The van der Waals surface area contributed by atoms with Gasteiger partial charge in [-0.2, -0.15) is 4.99 Å². The lowest BCUT2D eigenvalue weighted by atomic mass is 9.95. The molecule has 1 aromatic rings. The molecule has 1 unspecified atom stereocenters. The van der Waals surface area contributed by atoms with Crippen LogP contribution in [0.25, 0.3) is 0 Å². The molecular formula is C24H29N3O5. The highest BCUT2D eigenvalue weighted by atomic mass is 16.5. The number of allylic oxidation sites excluding steroid dienone is 3. The van der Waals surface area contributed by atoms with Gasteiger partial charge in [-0.1, -0.05) is 30.7 Å². The van der Waals surface area contributed by atoms with Crippen LogP contribution in [0.2, 0.25) is 0 Å². The molecule has 1 aromatic carbocycles. The summed E-state index contributed by atoms with van der Waals surface area (Å²) in [6.45, 7) is 0.859. The van der Waals surface area contributed by atoms with Crippen molar-refractivity contribution in [1.29, 1.82) is 0 Å². The van der Waals surface area contributed by atoms with Gasteiger partial charge in [0.1, 0.15) is 0 Å². The number of ether oxygens (including phenoxy) is 2. The average Bonchev–Trinajstić information content (AvgIpc) is 2.80. The van der Waals surface area contributed by atoms with Gasteiger partial charge in [0, 0.05) is 19.5 Å². The van der Waals surface area contributed by atoms with E-state index in [2.05, 4.69) is 10.3 Å². The van der Waals surface area contributed by atoms with Gasteiger partial charge in [0.25, 0.3) is 0 Å². The number of carbonyl (C=O) groups is 3. The predicted molar refractivity (Wildman–Crippen MR) is 121 cm³/mol. The first-order valence-electron chi connectivity index (χ1n) is 10.8. The van der Waals surface area contributed by atoms with E-state index in [9.17, 15) is 14.4 Å². The molecule has 3 rings (SSSR count). The van der Waals surface area contributed by atoms with Crippen molar-refractivity contribution in [3.63, 3.8) is 0 Å². The summed E-state index contributed by atoms with van der Waals surface area (Å²) in [6, 6.07) is 5.19. The van der Waals surface area contributed by atoms with Gasteiger partial charge in [-0.3, -0.25) is 14.5 Å². The Bertz CT molecular complexity index is 951. The lowest BCUT2D eigenvalue weighted by Gasteiger charge is -2.28. The molecule has 0 radical (unpaired) electrons. The van der Waals surface area contributed by atoms with Crippen LogP contribution in [0.1, 0.15) is 31.2 Å². The van der Waals surface area contributed by atoms with Crippen molar-refractivity contribution in [3.05, 3.63) is 48.1 Å². The number of fused-ring (bicyclic) bond motifs is 1. The second-order valence-electron chi connectivity index (χ2n) is 7.63. The third-order valence-electron chi connectivity index (χ3n) is 5.46. The van der Waals surface area contributed by atoms with Crippen LogP contribution in [0, 0.1) is 5.92 Å². The second-order valence-corrected chi connectivity index (χ2v) is 7.63. The Kier molecular flexibility index (Phi) is 8.19. The molecule has 32 heavy (non-hydrogen) atoms. The summed E-state index contributed by atoms with van der Waals surface area (Å²) in [7, 11) is 3.19. The summed E-state index contributed by atoms with van der Waals surface area (Å²) < 4.78 is 10.5. The maximum atomic E-state index is 12.5. The number of methoxy groups -OCH3 is 2. The van der Waals surface area contributed by atoms with Crippen LogP contribution in [0.4, 0.5) is 4.79 Å². The minimum absolute atomic E-state index is 0.0102. The monoisotopic (exact) mass is 439 g/mol. The first kappa shape index (κ1) is 23.2. The summed E-state index contributed by atoms with van der Waals surface area (Å²) in [5, 5.41) is 2.92. The van der Waals surface area contributed by atoms with Crippen molar-refractivity contribution in [3.8, 4) is 11.5 Å². The lowest BCUT2D eigenvalue weighted by molar-refractivity contribution is -0.129. The fraction of sp³-hybridized carbons (Fsp3) is 0.417. The van der Waals surface area contributed by atoms with Gasteiger partial charge in [-0.05, 0) is 43.0 Å². The van der Waals surface area contributed by atoms with Crippen molar-refractivity contribution in [2.24, 2.45) is 10.9 Å². The minimum Gasteiger partial charge on any atom is -0.493 e. The van der Waals surface area contributed by atoms with E-state index in [0.717, 1.165) is 12.0 Å². The third-order valence-corrected chi connectivity index (χ3v) is 5.46. The molecule has 1 aliphatic heterocycles. The minimum atomic E-state index is -0.505. The van der Waals surface area contributed by atoms with Gasteiger partial charge in [-0.25, -0.2) is 4.79 Å². The van der Waals surface area contributed by atoms with E-state index >= 15 is 0 Å². The van der Waals surface area contributed by atoms with Crippen LogP contribution in [0.15, 0.2) is 47.5 Å². The first-order chi connectivity index (χ1) is 15.5. The molecule has 0 saturated heterocycles. The van der Waals surface area contributed by atoms with Crippen LogP contribution < -0.4 is 14.8 Å². The van der Waals surface area contributed by atoms with Crippen molar-refractivity contribution >= 4 is 23.6 Å². The number of imide groups is 1. The number of hydrogen-bond donors (Lipinski definition) is 1. The summed E-state index contributed by atoms with van der Waals surface area (Å²) in [5.74, 6) is 0.638. The molecule has 0 spiro atoms. The number of urea groups is 1. The SMILES string of the molecule is COc1ccc(CCNC(=O)CCCCCN2C(=O)N=C3C=CC=CC3C2=O)cc1OC. The Hall–Kier alpha value is -3.42. The van der Waals surface area contributed by atoms with Crippen molar-refractivity contribution in [2.45, 2.75) is 32.1 Å². The van der Waals surface area contributed by atoms with Crippen LogP contribution in [-0.2, 0) is 16.0 Å². The standard InChI is InChI=1S/C24H29N3O5/c1-31-20-12-11-17(16-21(20)32-2)13-14-25-22(28)10-4-3-7-15-27-23(29)18-8-5-6-9-19(18)26-24(27)30/h5-6,8-9,11-12,16,18H,3-4,7,10,13-15H2,1-2H3,(H,25,28). The second kappa shape index (κ2) is 11.3. The molecule has 4 amide bonds. The lowest BCUT2D eigenvalue weighted by Crippen LogP contribution is -2.46. The molecule has 8 heteroatoms. The number of unbranched alkanes of at least 4 members (excludes halogenated alkanes) is 2. The van der Waals surface area contributed by atoms with Gasteiger partial charge in [0.05, 0.1) is 25.8 Å². The summed E-state index contributed by atoms with van der Waals surface area (Å²) in [5.41, 5.74) is 1.55. The van der Waals surface area contributed by atoms with Gasteiger partial charge < -0.3 is 14.8 Å². The zero-order valence-electron chi connectivity index (χ0n) is 18.5. The third kappa shape index (κ3) is 5.84. The largest absolute Gasteiger partial charge is 0.493 e. The summed E-state index contributed by atoms with van der Waals surface area (Å²) >= 11 is 0. The van der Waals surface area contributed by atoms with Crippen molar-refractivity contribution in [1.82, 2.24) is 10.2 Å². The van der Waals surface area contributed by atoms with Crippen molar-refractivity contribution in [2.75, 3.05) is 27.3 Å². The van der Waals surface area contributed by atoms with E-state index in [4.69, 9.17) is 9.47 Å². The number of rotatable bonds is 11. The molecular weight excluding hydrogens is 410 g/mol. The van der Waals surface area contributed by atoms with Crippen LogP contribution in [-0.4, -0.2) is 55.8 Å². The smallest absolute Gasteiger partial charge is 0.350 e. The average molecular weight is 440 g/mol. The molecule has 0 aromatic heterocycles. The van der Waals surface area contributed by atoms with E-state index in [-0.39, 0.29) is 11.8 Å².